The number of benzene rings is 1. The minimum absolute atomic E-state index is 0.0633. The van der Waals surface area contributed by atoms with Crippen LogP contribution in [0.5, 0.6) is 0 Å². The molecule has 1 fully saturated rings. The first-order valence-electron chi connectivity index (χ1n) is 8.41. The van der Waals surface area contributed by atoms with Crippen LogP contribution in [0.25, 0.3) is 11.0 Å². The van der Waals surface area contributed by atoms with Gasteiger partial charge in [0, 0.05) is 22.9 Å². The molecule has 0 radical (unpaired) electrons. The summed E-state index contributed by atoms with van der Waals surface area (Å²) in [5.74, 6) is 0.504. The van der Waals surface area contributed by atoms with E-state index in [0.717, 1.165) is 29.6 Å². The zero-order valence-corrected chi connectivity index (χ0v) is 13.9. The first-order valence-corrected chi connectivity index (χ1v) is 8.41. The third kappa shape index (κ3) is 3.09. The van der Waals surface area contributed by atoms with E-state index in [0.29, 0.717) is 11.1 Å². The second-order valence-corrected chi connectivity index (χ2v) is 6.35. The maximum atomic E-state index is 12.2. The number of hydrogen-bond donors (Lipinski definition) is 0. The van der Waals surface area contributed by atoms with Gasteiger partial charge in [-0.1, -0.05) is 19.1 Å². The van der Waals surface area contributed by atoms with Crippen molar-refractivity contribution in [3.8, 4) is 0 Å². The molecule has 5 heteroatoms. The highest BCUT2D eigenvalue weighted by Gasteiger charge is 2.47. The number of esters is 1. The van der Waals surface area contributed by atoms with Crippen LogP contribution in [0.1, 0.15) is 36.1 Å². The molecule has 128 valence electrons. The summed E-state index contributed by atoms with van der Waals surface area (Å²) in [6, 6.07) is 10.8. The van der Waals surface area contributed by atoms with E-state index in [2.05, 4.69) is 0 Å². The van der Waals surface area contributed by atoms with Crippen LogP contribution in [-0.2, 0) is 22.6 Å². The van der Waals surface area contributed by atoms with Crippen molar-refractivity contribution >= 4 is 16.9 Å². The molecule has 0 N–H and O–H groups in total. The van der Waals surface area contributed by atoms with E-state index in [9.17, 15) is 9.59 Å². The van der Waals surface area contributed by atoms with Crippen molar-refractivity contribution in [3.05, 3.63) is 70.0 Å². The first-order chi connectivity index (χ1) is 12.2. The van der Waals surface area contributed by atoms with Crippen molar-refractivity contribution < 1.29 is 18.4 Å². The molecule has 3 aromatic rings. The van der Waals surface area contributed by atoms with Gasteiger partial charge in [-0.2, -0.15) is 0 Å². The van der Waals surface area contributed by atoms with Gasteiger partial charge < -0.3 is 13.6 Å². The number of ether oxygens (including phenoxy) is 1. The highest BCUT2D eigenvalue weighted by Crippen LogP contribution is 2.48. The highest BCUT2D eigenvalue weighted by molar-refractivity contribution is 5.81. The second kappa shape index (κ2) is 6.24. The summed E-state index contributed by atoms with van der Waals surface area (Å²) in [4.78, 5) is 24.0. The third-order valence-electron chi connectivity index (χ3n) is 4.67. The largest absolute Gasteiger partial charge is 0.469 e. The Kier molecular flexibility index (Phi) is 3.92. The third-order valence-corrected chi connectivity index (χ3v) is 4.67. The Morgan fingerprint density at radius 1 is 1.28 bits per heavy atom. The van der Waals surface area contributed by atoms with E-state index < -0.39 is 5.63 Å². The molecule has 4 rings (SSSR count). The topological polar surface area (TPSA) is 69.7 Å². The molecular formula is C20H18O5. The van der Waals surface area contributed by atoms with Gasteiger partial charge in [0.15, 0.2) is 0 Å². The van der Waals surface area contributed by atoms with E-state index in [1.165, 1.54) is 6.07 Å². The van der Waals surface area contributed by atoms with Crippen LogP contribution in [0.4, 0.5) is 0 Å². The Hall–Kier alpha value is -2.82. The summed E-state index contributed by atoms with van der Waals surface area (Å²) in [7, 11) is 0. The minimum atomic E-state index is -0.438. The fraction of sp³-hybridized carbons (Fsp3) is 0.300. The quantitative estimate of drug-likeness (QED) is 0.523. The number of hydrogen-bond acceptors (Lipinski definition) is 5. The zero-order valence-electron chi connectivity index (χ0n) is 13.9. The molecule has 2 heterocycles. The number of furan rings is 1. The lowest BCUT2D eigenvalue weighted by Crippen LogP contribution is -2.10. The van der Waals surface area contributed by atoms with E-state index in [1.807, 2.05) is 37.3 Å². The lowest BCUT2D eigenvalue weighted by atomic mass is 10.1. The number of carbonyl (C=O) groups is 1. The molecule has 1 aliphatic rings. The fourth-order valence-electron chi connectivity index (χ4n) is 3.14. The monoisotopic (exact) mass is 338 g/mol. The normalized spacial score (nSPS) is 19.1. The average Bonchev–Trinajstić information content (AvgIpc) is 3.23. The van der Waals surface area contributed by atoms with E-state index >= 15 is 0 Å². The number of fused-ring (bicyclic) bond motifs is 1. The highest BCUT2D eigenvalue weighted by atomic mass is 16.5. The summed E-state index contributed by atoms with van der Waals surface area (Å²) >= 11 is 0. The summed E-state index contributed by atoms with van der Waals surface area (Å²) in [6.45, 7) is 2.10. The lowest BCUT2D eigenvalue weighted by molar-refractivity contribution is -0.146. The molecule has 1 saturated carbocycles. The maximum absolute atomic E-state index is 12.2. The van der Waals surface area contributed by atoms with Crippen molar-refractivity contribution in [2.45, 2.75) is 32.3 Å². The van der Waals surface area contributed by atoms with Crippen LogP contribution in [0.2, 0.25) is 0 Å². The molecule has 0 aliphatic heterocycles. The smallest absolute Gasteiger partial charge is 0.336 e. The molecule has 0 amide bonds. The predicted octanol–water partition coefficient (Wildman–Crippen LogP) is 3.80. The van der Waals surface area contributed by atoms with Gasteiger partial charge in [0.1, 0.15) is 18.0 Å². The van der Waals surface area contributed by atoms with Gasteiger partial charge in [0.25, 0.3) is 0 Å². The molecule has 1 aromatic carbocycles. The Balaban J connectivity index is 1.49. The molecule has 0 saturated heterocycles. The zero-order chi connectivity index (χ0) is 17.4. The van der Waals surface area contributed by atoms with Gasteiger partial charge in [-0.3, -0.25) is 4.79 Å². The van der Waals surface area contributed by atoms with Crippen LogP contribution in [0, 0.1) is 5.92 Å². The van der Waals surface area contributed by atoms with Gasteiger partial charge in [0.05, 0.1) is 12.2 Å². The Labute approximate surface area is 144 Å². The molecule has 2 aromatic heterocycles. The van der Waals surface area contributed by atoms with Crippen molar-refractivity contribution in [3.63, 3.8) is 0 Å². The Morgan fingerprint density at radius 3 is 2.92 bits per heavy atom. The Morgan fingerprint density at radius 2 is 2.16 bits per heavy atom. The van der Waals surface area contributed by atoms with Gasteiger partial charge in [-0.15, -0.1) is 0 Å². The standard InChI is InChI=1S/C20H18O5/c1-2-12-5-6-14-13(9-19(21)25-18(14)8-12)11-24-20(22)16-10-15(16)17-4-3-7-23-17/h3-9,15-16H,2,10-11H2,1H3/t15-,16-/m0/s1. The number of carbonyl (C=O) groups excluding carboxylic acids is 1. The van der Waals surface area contributed by atoms with Crippen molar-refractivity contribution in [1.82, 2.24) is 0 Å². The van der Waals surface area contributed by atoms with Crippen molar-refractivity contribution in [1.29, 1.82) is 0 Å². The number of rotatable bonds is 5. The first kappa shape index (κ1) is 15.7. The summed E-state index contributed by atoms with van der Waals surface area (Å²) in [6.07, 6.45) is 3.20. The van der Waals surface area contributed by atoms with E-state index in [4.69, 9.17) is 13.6 Å². The predicted molar refractivity (Wildman–Crippen MR) is 91.2 cm³/mol. The second-order valence-electron chi connectivity index (χ2n) is 6.35. The van der Waals surface area contributed by atoms with Gasteiger partial charge in [-0.05, 0) is 36.6 Å². The van der Waals surface area contributed by atoms with Crippen molar-refractivity contribution in [2.75, 3.05) is 0 Å². The van der Waals surface area contributed by atoms with E-state index in [1.54, 1.807) is 6.26 Å². The number of aryl methyl sites for hydroxylation is 1. The van der Waals surface area contributed by atoms with Crippen LogP contribution in [-0.4, -0.2) is 5.97 Å². The molecule has 0 bridgehead atoms. The molecule has 25 heavy (non-hydrogen) atoms. The van der Waals surface area contributed by atoms with Crippen LogP contribution in [0.15, 0.2) is 56.3 Å². The molecule has 2 atom stereocenters. The van der Waals surface area contributed by atoms with Crippen LogP contribution < -0.4 is 5.63 Å². The molecule has 0 unspecified atom stereocenters. The fourth-order valence-corrected chi connectivity index (χ4v) is 3.14. The maximum Gasteiger partial charge on any atom is 0.336 e. The summed E-state index contributed by atoms with van der Waals surface area (Å²) in [5.41, 5.74) is 1.84. The van der Waals surface area contributed by atoms with E-state index in [-0.39, 0.29) is 24.4 Å². The minimum Gasteiger partial charge on any atom is -0.469 e. The lowest BCUT2D eigenvalue weighted by Gasteiger charge is -2.08. The van der Waals surface area contributed by atoms with Crippen molar-refractivity contribution in [2.24, 2.45) is 5.92 Å². The average molecular weight is 338 g/mol. The molecular weight excluding hydrogens is 320 g/mol. The van der Waals surface area contributed by atoms with Crippen LogP contribution >= 0.6 is 0 Å². The van der Waals surface area contributed by atoms with Crippen LogP contribution in [0.3, 0.4) is 0 Å². The summed E-state index contributed by atoms with van der Waals surface area (Å²) < 4.78 is 16.0. The molecule has 1 aliphatic carbocycles. The summed E-state index contributed by atoms with van der Waals surface area (Å²) in [5, 5.41) is 0.794. The van der Waals surface area contributed by atoms with Gasteiger partial charge in [0.2, 0.25) is 0 Å². The SMILES string of the molecule is CCc1ccc2c(COC(=O)[C@H]3C[C@@H]3c3ccco3)cc(=O)oc2c1. The molecule has 0 spiro atoms. The van der Waals surface area contributed by atoms with Gasteiger partial charge in [-0.25, -0.2) is 4.79 Å². The Bertz CT molecular complexity index is 967. The van der Waals surface area contributed by atoms with Gasteiger partial charge >= 0.3 is 11.6 Å². The molecule has 5 nitrogen and oxygen atoms in total.